The Morgan fingerprint density at radius 2 is 2.17 bits per heavy atom. The van der Waals surface area contributed by atoms with Crippen molar-refractivity contribution in [3.8, 4) is 0 Å². The molecule has 0 aromatic heterocycles. The average molecular weight is 204 g/mol. The number of alkyl halides is 1. The molecule has 0 aliphatic rings. The lowest BCUT2D eigenvalue weighted by atomic mass is 10.3. The summed E-state index contributed by atoms with van der Waals surface area (Å²) in [6, 6.07) is 6.54. The van der Waals surface area contributed by atoms with Gasteiger partial charge in [0, 0.05) is 6.07 Å². The number of thioether (sulfide) groups is 1. The lowest BCUT2D eigenvalue weighted by molar-refractivity contribution is -0.387. The summed E-state index contributed by atoms with van der Waals surface area (Å²) in [4.78, 5) is 10.6. The number of nitro benzene ring substituents is 1. The smallest absolute Gasteiger partial charge is 0.258 e. The van der Waals surface area contributed by atoms with Crippen LogP contribution in [0.25, 0.3) is 0 Å². The molecule has 0 bridgehead atoms. The van der Waals surface area contributed by atoms with Gasteiger partial charge in [-0.3, -0.25) is 10.1 Å². The van der Waals surface area contributed by atoms with Crippen LogP contribution in [0.4, 0.5) is 5.69 Å². The van der Waals surface area contributed by atoms with Crippen LogP contribution in [0, 0.1) is 10.1 Å². The Morgan fingerprint density at radius 3 is 2.75 bits per heavy atom. The molecule has 12 heavy (non-hydrogen) atoms. The molecule has 0 saturated heterocycles. The highest BCUT2D eigenvalue weighted by atomic mass is 35.5. The van der Waals surface area contributed by atoms with Crippen LogP contribution in [0.3, 0.4) is 0 Å². The van der Waals surface area contributed by atoms with Crippen LogP contribution in [-0.4, -0.2) is 10.1 Å². The Balaban J connectivity index is 3.00. The van der Waals surface area contributed by atoms with E-state index in [0.717, 1.165) is 0 Å². The van der Waals surface area contributed by atoms with Crippen molar-refractivity contribution in [3.63, 3.8) is 0 Å². The Morgan fingerprint density at radius 1 is 1.50 bits per heavy atom. The van der Waals surface area contributed by atoms with Crippen molar-refractivity contribution in [2.75, 3.05) is 5.21 Å². The molecule has 1 rings (SSSR count). The number of hydrogen-bond donors (Lipinski definition) is 0. The third-order valence-electron chi connectivity index (χ3n) is 1.27. The van der Waals surface area contributed by atoms with Crippen molar-refractivity contribution in [2.45, 2.75) is 4.90 Å². The summed E-state index contributed by atoms with van der Waals surface area (Å²) in [6.07, 6.45) is 0. The summed E-state index contributed by atoms with van der Waals surface area (Å²) >= 11 is 6.71. The third kappa shape index (κ3) is 2.12. The van der Waals surface area contributed by atoms with Gasteiger partial charge < -0.3 is 0 Å². The molecule has 3 nitrogen and oxygen atoms in total. The molecule has 0 N–H and O–H groups in total. The van der Waals surface area contributed by atoms with Gasteiger partial charge in [0.05, 0.1) is 15.0 Å². The van der Waals surface area contributed by atoms with Crippen LogP contribution >= 0.6 is 23.4 Å². The summed E-state index contributed by atoms with van der Waals surface area (Å²) in [6.45, 7) is 0. The van der Waals surface area contributed by atoms with E-state index in [2.05, 4.69) is 0 Å². The van der Waals surface area contributed by atoms with Crippen molar-refractivity contribution >= 4 is 29.1 Å². The molecule has 0 fully saturated rings. The van der Waals surface area contributed by atoms with Gasteiger partial charge in [-0.05, 0) is 6.07 Å². The normalized spacial score (nSPS) is 9.75. The van der Waals surface area contributed by atoms with Crippen LogP contribution in [0.1, 0.15) is 0 Å². The maximum atomic E-state index is 10.4. The molecule has 0 aliphatic carbocycles. The van der Waals surface area contributed by atoms with Crippen molar-refractivity contribution < 1.29 is 4.92 Å². The monoisotopic (exact) mass is 203 g/mol. The predicted octanol–water partition coefficient (Wildman–Crippen LogP) is 2.88. The van der Waals surface area contributed by atoms with Gasteiger partial charge in [0.25, 0.3) is 5.69 Å². The topological polar surface area (TPSA) is 43.1 Å². The lowest BCUT2D eigenvalue weighted by Crippen LogP contribution is -1.89. The summed E-state index contributed by atoms with van der Waals surface area (Å²) < 4.78 is 0. The first-order valence-corrected chi connectivity index (χ1v) is 4.70. The minimum absolute atomic E-state index is 0.114. The fourth-order valence-corrected chi connectivity index (χ4v) is 1.72. The molecule has 0 amide bonds. The number of nitro groups is 1. The van der Waals surface area contributed by atoms with E-state index in [1.165, 1.54) is 17.8 Å². The van der Waals surface area contributed by atoms with Crippen LogP contribution in [0.5, 0.6) is 0 Å². The van der Waals surface area contributed by atoms with Gasteiger partial charge in [0.1, 0.15) is 0 Å². The first-order valence-electron chi connectivity index (χ1n) is 3.18. The molecule has 0 heterocycles. The van der Waals surface area contributed by atoms with E-state index >= 15 is 0 Å². The number of rotatable bonds is 3. The molecule has 1 aromatic rings. The molecule has 1 aromatic carbocycles. The van der Waals surface area contributed by atoms with Gasteiger partial charge >= 0.3 is 0 Å². The Bertz CT molecular complexity index is 292. The average Bonchev–Trinajstić information content (AvgIpc) is 2.05. The molecule has 0 saturated carbocycles. The van der Waals surface area contributed by atoms with Crippen molar-refractivity contribution in [2.24, 2.45) is 0 Å². The van der Waals surface area contributed by atoms with Gasteiger partial charge in [0.15, 0.2) is 0 Å². The highest BCUT2D eigenvalue weighted by Crippen LogP contribution is 2.28. The van der Waals surface area contributed by atoms with Crippen molar-refractivity contribution in [1.29, 1.82) is 0 Å². The fraction of sp³-hybridized carbons (Fsp3) is 0.143. The molecular weight excluding hydrogens is 198 g/mol. The van der Waals surface area contributed by atoms with Gasteiger partial charge in [-0.1, -0.05) is 12.1 Å². The fourth-order valence-electron chi connectivity index (χ4n) is 0.789. The van der Waals surface area contributed by atoms with E-state index in [0.29, 0.717) is 10.1 Å². The van der Waals surface area contributed by atoms with E-state index in [-0.39, 0.29) is 5.69 Å². The number of hydrogen-bond acceptors (Lipinski definition) is 3. The molecule has 0 atom stereocenters. The quantitative estimate of drug-likeness (QED) is 0.328. The van der Waals surface area contributed by atoms with E-state index in [1.54, 1.807) is 18.2 Å². The lowest BCUT2D eigenvalue weighted by Gasteiger charge is -1.97. The first-order chi connectivity index (χ1) is 5.75. The maximum absolute atomic E-state index is 10.4. The zero-order valence-corrected chi connectivity index (χ0v) is 7.64. The van der Waals surface area contributed by atoms with E-state index < -0.39 is 4.92 Å². The second kappa shape index (κ2) is 4.33. The highest BCUT2D eigenvalue weighted by molar-refractivity contribution is 8.00. The van der Waals surface area contributed by atoms with Crippen LogP contribution in [0.15, 0.2) is 29.2 Å². The molecular formula is C7H6ClNO2S. The standard InChI is InChI=1S/C7H6ClNO2S/c8-5-12-7-4-2-1-3-6(7)9(10)11/h1-4H,5H2. The van der Waals surface area contributed by atoms with E-state index in [1.807, 2.05) is 0 Å². The molecule has 5 heteroatoms. The minimum atomic E-state index is -0.408. The number of benzene rings is 1. The van der Waals surface area contributed by atoms with Gasteiger partial charge in [-0.2, -0.15) is 0 Å². The second-order valence-corrected chi connectivity index (χ2v) is 3.58. The first kappa shape index (κ1) is 9.35. The molecule has 0 unspecified atom stereocenters. The van der Waals surface area contributed by atoms with Crippen LogP contribution in [-0.2, 0) is 0 Å². The minimum Gasteiger partial charge on any atom is -0.258 e. The SMILES string of the molecule is O=[N+]([O-])c1ccccc1SCCl. The summed E-state index contributed by atoms with van der Waals surface area (Å²) in [7, 11) is 0. The van der Waals surface area contributed by atoms with Crippen LogP contribution < -0.4 is 0 Å². The largest absolute Gasteiger partial charge is 0.282 e. The number of halogens is 1. The summed E-state index contributed by atoms with van der Waals surface area (Å²) in [5.74, 6) is 0. The molecule has 0 spiro atoms. The zero-order valence-electron chi connectivity index (χ0n) is 6.07. The van der Waals surface area contributed by atoms with Crippen molar-refractivity contribution in [1.82, 2.24) is 0 Å². The van der Waals surface area contributed by atoms with E-state index in [9.17, 15) is 10.1 Å². The Labute approximate surface area is 78.9 Å². The van der Waals surface area contributed by atoms with Gasteiger partial charge in [-0.15, -0.1) is 23.4 Å². The van der Waals surface area contributed by atoms with Crippen molar-refractivity contribution in [3.05, 3.63) is 34.4 Å². The Hall–Kier alpha value is -0.740. The molecule has 0 aliphatic heterocycles. The second-order valence-electron chi connectivity index (χ2n) is 1.98. The summed E-state index contributed by atoms with van der Waals surface area (Å²) in [5.41, 5.74) is 0.114. The van der Waals surface area contributed by atoms with Gasteiger partial charge in [-0.25, -0.2) is 0 Å². The summed E-state index contributed by atoms with van der Waals surface area (Å²) in [5, 5.41) is 10.8. The zero-order chi connectivity index (χ0) is 8.97. The van der Waals surface area contributed by atoms with Gasteiger partial charge in [0.2, 0.25) is 0 Å². The number of nitrogens with zero attached hydrogens (tertiary/aromatic N) is 1. The third-order valence-corrected chi connectivity index (χ3v) is 2.36. The van der Waals surface area contributed by atoms with E-state index in [4.69, 9.17) is 11.6 Å². The maximum Gasteiger partial charge on any atom is 0.282 e. The predicted molar refractivity (Wildman–Crippen MR) is 49.7 cm³/mol. The molecule has 64 valence electrons. The Kier molecular flexibility index (Phi) is 3.37. The molecule has 0 radical (unpaired) electrons. The number of para-hydroxylation sites is 1. The van der Waals surface area contributed by atoms with Crippen LogP contribution in [0.2, 0.25) is 0 Å². The highest BCUT2D eigenvalue weighted by Gasteiger charge is 2.11.